The van der Waals surface area contributed by atoms with Crippen molar-refractivity contribution in [2.75, 3.05) is 13.6 Å². The van der Waals surface area contributed by atoms with E-state index >= 15 is 0 Å². The molecule has 0 radical (unpaired) electrons. The molecule has 0 spiro atoms. The standard InChI is InChI=1S/C25H25N5S/c1-16-14-26-25-23(27-16)19-15-28(2)10-4-5-21(19)30(25)22-9-12-31-24(22)18-6-7-20-17(13-18)8-11-29(20)3/h6-9,11-14H,4-5,10,15H2,1-3H3. The first-order chi connectivity index (χ1) is 15.1. The Labute approximate surface area is 185 Å². The first-order valence-corrected chi connectivity index (χ1v) is 11.7. The third-order valence-corrected chi connectivity index (χ3v) is 7.36. The van der Waals surface area contributed by atoms with Gasteiger partial charge in [0.05, 0.1) is 22.5 Å². The van der Waals surface area contributed by atoms with E-state index < -0.39 is 0 Å². The molecule has 4 aromatic heterocycles. The van der Waals surface area contributed by atoms with Crippen LogP contribution in [-0.2, 0) is 20.0 Å². The average molecular weight is 428 g/mol. The zero-order chi connectivity index (χ0) is 21.1. The van der Waals surface area contributed by atoms with Gasteiger partial charge in [0.1, 0.15) is 5.52 Å². The van der Waals surface area contributed by atoms with Crippen LogP contribution in [0.1, 0.15) is 23.4 Å². The zero-order valence-electron chi connectivity index (χ0n) is 18.1. The molecule has 5 aromatic rings. The smallest absolute Gasteiger partial charge is 0.163 e. The molecule has 1 aromatic carbocycles. The maximum atomic E-state index is 4.93. The van der Waals surface area contributed by atoms with Crippen molar-refractivity contribution in [1.29, 1.82) is 0 Å². The predicted molar refractivity (Wildman–Crippen MR) is 128 cm³/mol. The number of hydrogen-bond acceptors (Lipinski definition) is 4. The Bertz CT molecular complexity index is 1440. The Balaban J connectivity index is 1.60. The topological polar surface area (TPSA) is 38.9 Å². The van der Waals surface area contributed by atoms with Crippen LogP contribution in [0.25, 0.3) is 38.2 Å². The number of benzene rings is 1. The second-order valence-electron chi connectivity index (χ2n) is 8.62. The van der Waals surface area contributed by atoms with Crippen molar-refractivity contribution in [1.82, 2.24) is 24.0 Å². The van der Waals surface area contributed by atoms with Crippen molar-refractivity contribution < 1.29 is 0 Å². The highest BCUT2D eigenvalue weighted by Crippen LogP contribution is 2.39. The molecule has 156 valence electrons. The van der Waals surface area contributed by atoms with Gasteiger partial charge >= 0.3 is 0 Å². The Morgan fingerprint density at radius 1 is 1.10 bits per heavy atom. The molecule has 5 nitrogen and oxygen atoms in total. The lowest BCUT2D eigenvalue weighted by molar-refractivity contribution is 0.333. The van der Waals surface area contributed by atoms with Gasteiger partial charge in [-0.1, -0.05) is 6.07 Å². The molecule has 0 atom stereocenters. The van der Waals surface area contributed by atoms with Crippen molar-refractivity contribution in [2.24, 2.45) is 7.05 Å². The number of thiophene rings is 1. The van der Waals surface area contributed by atoms with E-state index in [-0.39, 0.29) is 0 Å². The van der Waals surface area contributed by atoms with Gasteiger partial charge in [-0.3, -0.25) is 4.57 Å². The number of fused-ring (bicyclic) bond motifs is 4. The van der Waals surface area contributed by atoms with Crippen LogP contribution in [0.3, 0.4) is 0 Å². The number of rotatable bonds is 2. The van der Waals surface area contributed by atoms with Gasteiger partial charge in [0.2, 0.25) is 0 Å². The van der Waals surface area contributed by atoms with Crippen molar-refractivity contribution >= 4 is 33.4 Å². The summed E-state index contributed by atoms with van der Waals surface area (Å²) < 4.78 is 4.56. The van der Waals surface area contributed by atoms with Crippen LogP contribution in [-0.4, -0.2) is 37.6 Å². The Morgan fingerprint density at radius 2 is 2.00 bits per heavy atom. The van der Waals surface area contributed by atoms with Gasteiger partial charge in [-0.25, -0.2) is 9.97 Å². The minimum atomic E-state index is 0.923. The van der Waals surface area contributed by atoms with Gasteiger partial charge in [0.25, 0.3) is 0 Å². The van der Waals surface area contributed by atoms with Crippen LogP contribution >= 0.6 is 11.3 Å². The van der Waals surface area contributed by atoms with Gasteiger partial charge in [-0.05, 0) is 68.6 Å². The van der Waals surface area contributed by atoms with Crippen molar-refractivity contribution in [3.05, 3.63) is 65.1 Å². The van der Waals surface area contributed by atoms with Crippen molar-refractivity contribution in [3.63, 3.8) is 0 Å². The van der Waals surface area contributed by atoms with E-state index in [2.05, 4.69) is 70.0 Å². The highest BCUT2D eigenvalue weighted by molar-refractivity contribution is 7.14. The first kappa shape index (κ1) is 18.8. The molecular weight excluding hydrogens is 402 g/mol. The summed E-state index contributed by atoms with van der Waals surface area (Å²) in [7, 11) is 4.30. The minimum Gasteiger partial charge on any atom is -0.351 e. The van der Waals surface area contributed by atoms with E-state index in [1.807, 2.05) is 13.1 Å². The van der Waals surface area contributed by atoms with Crippen LogP contribution in [0.4, 0.5) is 0 Å². The second-order valence-corrected chi connectivity index (χ2v) is 9.54. The SMILES string of the molecule is Cc1cnc2c(n1)c1c(n2-c2ccsc2-c2ccc3c(ccn3C)c2)CCCN(C)C1. The molecule has 1 aliphatic heterocycles. The molecule has 0 unspecified atom stereocenters. The lowest BCUT2D eigenvalue weighted by Gasteiger charge is -2.12. The van der Waals surface area contributed by atoms with E-state index in [0.717, 1.165) is 42.8 Å². The molecule has 0 bridgehead atoms. The van der Waals surface area contributed by atoms with Crippen LogP contribution < -0.4 is 0 Å². The summed E-state index contributed by atoms with van der Waals surface area (Å²) >= 11 is 1.80. The monoisotopic (exact) mass is 427 g/mol. The van der Waals surface area contributed by atoms with E-state index in [1.54, 1.807) is 11.3 Å². The summed E-state index contributed by atoms with van der Waals surface area (Å²) in [6, 6.07) is 11.2. The maximum absolute atomic E-state index is 4.93. The average Bonchev–Trinajstić information content (AvgIpc) is 3.41. The van der Waals surface area contributed by atoms with Crippen LogP contribution in [0.2, 0.25) is 0 Å². The fourth-order valence-corrected chi connectivity index (χ4v) is 5.78. The Kier molecular flexibility index (Phi) is 4.26. The molecule has 1 aliphatic rings. The van der Waals surface area contributed by atoms with Crippen LogP contribution in [0.5, 0.6) is 0 Å². The van der Waals surface area contributed by atoms with E-state index in [1.165, 1.54) is 38.3 Å². The molecule has 0 N–H and O–H groups in total. The fourth-order valence-electron chi connectivity index (χ4n) is 4.91. The highest BCUT2D eigenvalue weighted by atomic mass is 32.1. The van der Waals surface area contributed by atoms with Gasteiger partial charge in [-0.15, -0.1) is 11.3 Å². The second kappa shape index (κ2) is 7.04. The zero-order valence-corrected chi connectivity index (χ0v) is 18.9. The third kappa shape index (κ3) is 2.93. The van der Waals surface area contributed by atoms with E-state index in [9.17, 15) is 0 Å². The minimum absolute atomic E-state index is 0.923. The summed E-state index contributed by atoms with van der Waals surface area (Å²) in [6.07, 6.45) is 6.21. The maximum Gasteiger partial charge on any atom is 0.163 e. The molecule has 0 saturated heterocycles. The fraction of sp³-hybridized carbons (Fsp3) is 0.280. The summed E-state index contributed by atoms with van der Waals surface area (Å²) in [4.78, 5) is 13.5. The molecule has 0 fully saturated rings. The third-order valence-electron chi connectivity index (χ3n) is 6.40. The largest absolute Gasteiger partial charge is 0.351 e. The number of nitrogens with zero attached hydrogens (tertiary/aromatic N) is 5. The first-order valence-electron chi connectivity index (χ1n) is 10.8. The van der Waals surface area contributed by atoms with E-state index in [4.69, 9.17) is 9.97 Å². The molecule has 0 amide bonds. The summed E-state index contributed by atoms with van der Waals surface area (Å²) in [5, 5.41) is 3.47. The Hall–Kier alpha value is -2.96. The molecule has 6 rings (SSSR count). The van der Waals surface area contributed by atoms with Gasteiger partial charge in [0, 0.05) is 41.9 Å². The van der Waals surface area contributed by atoms with Crippen molar-refractivity contribution in [2.45, 2.75) is 26.3 Å². The van der Waals surface area contributed by atoms with E-state index in [0.29, 0.717) is 0 Å². The normalized spacial score (nSPS) is 14.9. The lowest BCUT2D eigenvalue weighted by atomic mass is 10.1. The molecule has 5 heterocycles. The quantitative estimate of drug-likeness (QED) is 0.382. The summed E-state index contributed by atoms with van der Waals surface area (Å²) in [5.74, 6) is 0. The van der Waals surface area contributed by atoms with Crippen LogP contribution in [0.15, 0.2) is 48.1 Å². The van der Waals surface area contributed by atoms with Gasteiger partial charge in [0.15, 0.2) is 5.65 Å². The number of hydrogen-bond donors (Lipinski definition) is 0. The number of aromatic nitrogens is 4. The molecule has 6 heteroatoms. The molecule has 0 saturated carbocycles. The summed E-state index contributed by atoms with van der Waals surface area (Å²) in [6.45, 7) is 4.06. The van der Waals surface area contributed by atoms with Crippen LogP contribution in [0, 0.1) is 6.92 Å². The molecule has 0 aliphatic carbocycles. The lowest BCUT2D eigenvalue weighted by Crippen LogP contribution is -2.17. The highest BCUT2D eigenvalue weighted by Gasteiger charge is 2.25. The molecule has 31 heavy (non-hydrogen) atoms. The predicted octanol–water partition coefficient (Wildman–Crippen LogP) is 5.33. The number of aryl methyl sites for hydroxylation is 2. The van der Waals surface area contributed by atoms with Gasteiger partial charge < -0.3 is 9.47 Å². The summed E-state index contributed by atoms with van der Waals surface area (Å²) in [5.41, 5.74) is 9.43. The Morgan fingerprint density at radius 3 is 2.90 bits per heavy atom. The van der Waals surface area contributed by atoms with Gasteiger partial charge in [-0.2, -0.15) is 0 Å². The van der Waals surface area contributed by atoms with Crippen molar-refractivity contribution in [3.8, 4) is 16.1 Å². The molecular formula is C25H25N5S.